The van der Waals surface area contributed by atoms with Crippen LogP contribution in [0.25, 0.3) is 10.9 Å². The Labute approximate surface area is 285 Å². The molecule has 1 aliphatic heterocycles. The molecule has 2 heterocycles. The molecule has 12 nitrogen and oxygen atoms in total. The number of methoxy groups -OCH3 is 1. The van der Waals surface area contributed by atoms with Crippen LogP contribution in [-0.4, -0.2) is 95.8 Å². The van der Waals surface area contributed by atoms with Crippen LogP contribution in [-0.2, 0) is 25.6 Å². The molecule has 1 fully saturated rings. The molecular weight excluding hydrogens is 632 g/mol. The number of benzene rings is 2. The van der Waals surface area contributed by atoms with Gasteiger partial charge in [-0.05, 0) is 55.4 Å². The van der Waals surface area contributed by atoms with E-state index in [2.05, 4.69) is 26.3 Å². The van der Waals surface area contributed by atoms with Gasteiger partial charge < -0.3 is 30.9 Å². The third-order valence-corrected chi connectivity index (χ3v) is 8.76. The number of hydrogen-bond donors (Lipinski definition) is 4. The molecule has 13 heteroatoms. The lowest BCUT2D eigenvalue weighted by molar-refractivity contribution is -0.134. The maximum absolute atomic E-state index is 14.2. The van der Waals surface area contributed by atoms with Gasteiger partial charge in [0.1, 0.15) is 29.6 Å². The van der Waals surface area contributed by atoms with Gasteiger partial charge in [0.15, 0.2) is 0 Å². The summed E-state index contributed by atoms with van der Waals surface area (Å²) in [5, 5.41) is 12.0. The van der Waals surface area contributed by atoms with E-state index in [0.29, 0.717) is 29.9 Å². The predicted molar refractivity (Wildman–Crippen MR) is 186 cm³/mol. The van der Waals surface area contributed by atoms with Crippen LogP contribution in [0.4, 0.5) is 0 Å². The van der Waals surface area contributed by atoms with E-state index < -0.39 is 60.2 Å². The fourth-order valence-electron chi connectivity index (χ4n) is 5.53. The normalized spacial score (nSPS) is 21.4. The van der Waals surface area contributed by atoms with Gasteiger partial charge >= 0.3 is 0 Å². The van der Waals surface area contributed by atoms with Gasteiger partial charge in [-0.15, -0.1) is 0 Å². The molecule has 1 saturated heterocycles. The molecule has 1 aliphatic rings. The zero-order valence-electron chi connectivity index (χ0n) is 27.9. The first-order chi connectivity index (χ1) is 23.0. The standard InChI is InChI=1S/C35H44N6O6S/c1-21(2)31-34(45)39-27(15-16-48-5)33(44)36-22(3)32(43)37-24(17-23-11-7-6-8-12-23)19-41(20-30(42)40-31)35(46)28-18-29(47-4)25-13-9-10-14-26(25)38-28/h6-14,18,21-22,24,27,31H,15-17,19-20H2,1-5H3,(H,36,44)(H,37,43)(H,39,45)(H,40,42)/t22-,24+,27-,31-/m0/s1. The molecule has 256 valence electrons. The lowest BCUT2D eigenvalue weighted by Crippen LogP contribution is -2.57. The van der Waals surface area contributed by atoms with Crippen molar-refractivity contribution in [2.24, 2.45) is 5.92 Å². The number of fused-ring (bicyclic) bond motifs is 1. The van der Waals surface area contributed by atoms with Gasteiger partial charge in [0.05, 0.1) is 25.2 Å². The minimum Gasteiger partial charge on any atom is -0.496 e. The Morgan fingerprint density at radius 1 is 0.958 bits per heavy atom. The number of hydrogen-bond acceptors (Lipinski definition) is 8. The molecule has 0 aliphatic carbocycles. The molecule has 0 bridgehead atoms. The van der Waals surface area contributed by atoms with Crippen LogP contribution in [0.1, 0.15) is 43.2 Å². The van der Waals surface area contributed by atoms with Crippen molar-refractivity contribution in [1.29, 1.82) is 0 Å². The van der Waals surface area contributed by atoms with Crippen molar-refractivity contribution in [3.63, 3.8) is 0 Å². The average molecular weight is 677 g/mol. The summed E-state index contributed by atoms with van der Waals surface area (Å²) in [5.41, 5.74) is 1.48. The Kier molecular flexibility index (Phi) is 12.8. The average Bonchev–Trinajstić information content (AvgIpc) is 3.07. The number of nitrogens with zero attached hydrogens (tertiary/aromatic N) is 2. The van der Waals surface area contributed by atoms with E-state index in [1.165, 1.54) is 29.8 Å². The van der Waals surface area contributed by atoms with Crippen LogP contribution >= 0.6 is 11.8 Å². The molecule has 0 radical (unpaired) electrons. The zero-order valence-corrected chi connectivity index (χ0v) is 28.8. The lowest BCUT2D eigenvalue weighted by atomic mass is 10.0. The number of carbonyl (C=O) groups excluding carboxylic acids is 5. The third-order valence-electron chi connectivity index (χ3n) is 8.11. The molecule has 4 atom stereocenters. The maximum atomic E-state index is 14.2. The smallest absolute Gasteiger partial charge is 0.273 e. The second-order valence-corrected chi connectivity index (χ2v) is 13.2. The highest BCUT2D eigenvalue weighted by molar-refractivity contribution is 7.98. The highest BCUT2D eigenvalue weighted by Crippen LogP contribution is 2.25. The van der Waals surface area contributed by atoms with Crippen LogP contribution in [0.15, 0.2) is 60.7 Å². The third kappa shape index (κ3) is 9.46. The highest BCUT2D eigenvalue weighted by Gasteiger charge is 2.33. The molecule has 5 amide bonds. The number of amides is 5. The Morgan fingerprint density at radius 2 is 1.67 bits per heavy atom. The van der Waals surface area contributed by atoms with Gasteiger partial charge in [-0.3, -0.25) is 24.0 Å². The monoisotopic (exact) mass is 676 g/mol. The number of carbonyl (C=O) groups is 5. The largest absolute Gasteiger partial charge is 0.496 e. The molecule has 4 rings (SSSR count). The van der Waals surface area contributed by atoms with Gasteiger partial charge in [0.2, 0.25) is 23.6 Å². The number of para-hydroxylation sites is 1. The minimum atomic E-state index is -0.986. The number of ether oxygens (including phenoxy) is 1. The Hall–Kier alpha value is -4.65. The van der Waals surface area contributed by atoms with Gasteiger partial charge in [-0.25, -0.2) is 4.98 Å². The van der Waals surface area contributed by atoms with Crippen molar-refractivity contribution in [3.05, 3.63) is 71.9 Å². The van der Waals surface area contributed by atoms with Crippen molar-refractivity contribution in [3.8, 4) is 5.75 Å². The van der Waals surface area contributed by atoms with Gasteiger partial charge in [0, 0.05) is 18.0 Å². The number of aromatic nitrogens is 1. The fourth-order valence-corrected chi connectivity index (χ4v) is 6.00. The molecule has 1 aromatic heterocycles. The molecule has 4 N–H and O–H groups in total. The number of thioether (sulfide) groups is 1. The fraction of sp³-hybridized carbons (Fsp3) is 0.429. The Bertz CT molecular complexity index is 1620. The second-order valence-electron chi connectivity index (χ2n) is 12.2. The van der Waals surface area contributed by atoms with Crippen LogP contribution in [0, 0.1) is 5.92 Å². The Morgan fingerprint density at radius 3 is 2.35 bits per heavy atom. The van der Waals surface area contributed by atoms with Gasteiger partial charge in [-0.1, -0.05) is 56.3 Å². The quantitative estimate of drug-likeness (QED) is 0.283. The molecule has 2 aromatic carbocycles. The SMILES string of the molecule is COc1cc(C(=O)N2CC(=O)N[C@@H](C(C)C)C(=O)N[C@@H](CCSC)C(=O)N[C@@H](C)C(=O)N[C@H](Cc3ccccc3)C2)nc2ccccc12. The predicted octanol–water partition coefficient (Wildman–Crippen LogP) is 2.31. The summed E-state index contributed by atoms with van der Waals surface area (Å²) in [4.78, 5) is 74.2. The zero-order chi connectivity index (χ0) is 34.8. The first-order valence-corrected chi connectivity index (χ1v) is 17.4. The number of nitrogens with one attached hydrogen (secondary N) is 4. The first-order valence-electron chi connectivity index (χ1n) is 16.0. The lowest BCUT2D eigenvalue weighted by Gasteiger charge is -2.29. The van der Waals surface area contributed by atoms with E-state index in [1.807, 2.05) is 48.7 Å². The van der Waals surface area contributed by atoms with Crippen LogP contribution in [0.2, 0.25) is 0 Å². The molecule has 0 spiro atoms. The van der Waals surface area contributed by atoms with E-state index in [9.17, 15) is 24.0 Å². The Balaban J connectivity index is 1.76. The van der Waals surface area contributed by atoms with Crippen molar-refractivity contribution in [1.82, 2.24) is 31.2 Å². The summed E-state index contributed by atoms with van der Waals surface area (Å²) in [6, 6.07) is 14.7. The van der Waals surface area contributed by atoms with Crippen LogP contribution in [0.5, 0.6) is 5.75 Å². The van der Waals surface area contributed by atoms with Gasteiger partial charge in [0.25, 0.3) is 5.91 Å². The van der Waals surface area contributed by atoms with Gasteiger partial charge in [-0.2, -0.15) is 11.8 Å². The van der Waals surface area contributed by atoms with Crippen molar-refractivity contribution in [2.45, 2.75) is 57.8 Å². The summed E-state index contributed by atoms with van der Waals surface area (Å²) >= 11 is 1.52. The molecular formula is C35H44N6O6S. The van der Waals surface area contributed by atoms with Crippen LogP contribution in [0.3, 0.4) is 0 Å². The molecule has 3 aromatic rings. The van der Waals surface area contributed by atoms with E-state index in [0.717, 1.165) is 10.9 Å². The molecule has 0 saturated carbocycles. The summed E-state index contributed by atoms with van der Waals surface area (Å²) < 4.78 is 5.57. The van der Waals surface area contributed by atoms with E-state index in [4.69, 9.17) is 4.74 Å². The van der Waals surface area contributed by atoms with Crippen LogP contribution < -0.4 is 26.0 Å². The molecule has 0 unspecified atom stereocenters. The molecule has 48 heavy (non-hydrogen) atoms. The highest BCUT2D eigenvalue weighted by atomic mass is 32.2. The number of rotatable bonds is 8. The maximum Gasteiger partial charge on any atom is 0.273 e. The second kappa shape index (κ2) is 17.0. The van der Waals surface area contributed by atoms with Crippen molar-refractivity contribution >= 4 is 52.2 Å². The van der Waals surface area contributed by atoms with E-state index in [1.54, 1.807) is 32.9 Å². The van der Waals surface area contributed by atoms with E-state index >= 15 is 0 Å². The topological polar surface area (TPSA) is 159 Å². The summed E-state index contributed by atoms with van der Waals surface area (Å²) in [5.74, 6) is -1.96. The van der Waals surface area contributed by atoms with Crippen molar-refractivity contribution < 1.29 is 28.7 Å². The first kappa shape index (κ1) is 36.2. The minimum absolute atomic E-state index is 0.0523. The van der Waals surface area contributed by atoms with Crippen molar-refractivity contribution in [2.75, 3.05) is 32.2 Å². The number of pyridine rings is 1. The summed E-state index contributed by atoms with van der Waals surface area (Å²) in [6.07, 6.45) is 2.55. The summed E-state index contributed by atoms with van der Waals surface area (Å²) in [7, 11) is 1.50. The van der Waals surface area contributed by atoms with E-state index in [-0.39, 0.29) is 18.2 Å². The summed E-state index contributed by atoms with van der Waals surface area (Å²) in [6.45, 7) is 4.64.